The molecule has 116 valence electrons. The second kappa shape index (κ2) is 6.90. The van der Waals surface area contributed by atoms with Crippen LogP contribution in [0.1, 0.15) is 52.9 Å². The summed E-state index contributed by atoms with van der Waals surface area (Å²) in [7, 11) is 2.17. The molecule has 0 aromatic carbocycles. The average Bonchev–Trinajstić information content (AvgIpc) is 2.66. The highest BCUT2D eigenvalue weighted by atomic mass is 16.2. The lowest BCUT2D eigenvalue weighted by molar-refractivity contribution is -0.133. The Morgan fingerprint density at radius 2 is 2.15 bits per heavy atom. The third kappa shape index (κ3) is 3.53. The van der Waals surface area contributed by atoms with Gasteiger partial charge < -0.3 is 9.80 Å². The minimum atomic E-state index is 0.0405. The molecule has 0 aliphatic carbocycles. The van der Waals surface area contributed by atoms with Crippen molar-refractivity contribution in [3.63, 3.8) is 0 Å². The van der Waals surface area contributed by atoms with Gasteiger partial charge in [-0.2, -0.15) is 0 Å². The van der Waals surface area contributed by atoms with Crippen LogP contribution in [-0.2, 0) is 4.79 Å². The molecule has 0 saturated carbocycles. The van der Waals surface area contributed by atoms with E-state index in [0.717, 1.165) is 32.2 Å². The molecular weight excluding hydrogens is 250 g/mol. The number of hydrogen-bond acceptors (Lipinski definition) is 3. The van der Waals surface area contributed by atoms with Crippen LogP contribution in [0.4, 0.5) is 0 Å². The van der Waals surface area contributed by atoms with E-state index in [0.29, 0.717) is 17.9 Å². The lowest BCUT2D eigenvalue weighted by Crippen LogP contribution is -2.51. The van der Waals surface area contributed by atoms with Crippen molar-refractivity contribution >= 4 is 5.91 Å². The summed E-state index contributed by atoms with van der Waals surface area (Å²) in [5.74, 6) is 0.908. The summed E-state index contributed by atoms with van der Waals surface area (Å²) in [6, 6.07) is 0.446. The SMILES string of the molecule is CCCC1NC(CC(C)C)C(=O)N1C1CCCN(C)C1. The molecule has 1 amide bonds. The monoisotopic (exact) mass is 281 g/mol. The van der Waals surface area contributed by atoms with Crippen LogP contribution in [0.15, 0.2) is 0 Å². The number of nitrogens with zero attached hydrogens (tertiary/aromatic N) is 2. The van der Waals surface area contributed by atoms with Gasteiger partial charge in [-0.05, 0) is 45.2 Å². The van der Waals surface area contributed by atoms with Gasteiger partial charge >= 0.3 is 0 Å². The first-order valence-corrected chi connectivity index (χ1v) is 8.29. The minimum Gasteiger partial charge on any atom is -0.322 e. The Bertz CT molecular complexity index is 332. The van der Waals surface area contributed by atoms with Crippen molar-refractivity contribution in [1.29, 1.82) is 0 Å². The number of likely N-dealkylation sites (N-methyl/N-ethyl adjacent to an activating group) is 1. The van der Waals surface area contributed by atoms with Gasteiger partial charge in [-0.25, -0.2) is 0 Å². The number of piperidine rings is 1. The smallest absolute Gasteiger partial charge is 0.241 e. The van der Waals surface area contributed by atoms with Gasteiger partial charge in [0.1, 0.15) is 0 Å². The van der Waals surface area contributed by atoms with Crippen LogP contribution < -0.4 is 5.32 Å². The van der Waals surface area contributed by atoms with Crippen molar-refractivity contribution in [3.05, 3.63) is 0 Å². The highest BCUT2D eigenvalue weighted by Gasteiger charge is 2.42. The van der Waals surface area contributed by atoms with E-state index in [1.165, 1.54) is 13.0 Å². The number of hydrogen-bond donors (Lipinski definition) is 1. The molecule has 4 heteroatoms. The lowest BCUT2D eigenvalue weighted by atomic mass is 10.0. The Morgan fingerprint density at radius 1 is 1.40 bits per heavy atom. The third-order valence-corrected chi connectivity index (χ3v) is 4.54. The molecule has 0 radical (unpaired) electrons. The maximum atomic E-state index is 12.8. The standard InChI is InChI=1S/C16H31N3O/c1-5-7-15-17-14(10-12(2)3)16(20)19(15)13-8-6-9-18(4)11-13/h12-15,17H,5-11H2,1-4H3. The summed E-state index contributed by atoms with van der Waals surface area (Å²) in [5.41, 5.74) is 0. The van der Waals surface area contributed by atoms with E-state index in [2.05, 4.69) is 42.9 Å². The topological polar surface area (TPSA) is 35.6 Å². The van der Waals surface area contributed by atoms with E-state index in [-0.39, 0.29) is 12.2 Å². The number of rotatable bonds is 5. The van der Waals surface area contributed by atoms with Gasteiger partial charge in [-0.15, -0.1) is 0 Å². The summed E-state index contributed by atoms with van der Waals surface area (Å²) in [4.78, 5) is 17.3. The molecule has 4 nitrogen and oxygen atoms in total. The van der Waals surface area contributed by atoms with Crippen LogP contribution in [0.5, 0.6) is 0 Å². The molecule has 3 unspecified atom stereocenters. The summed E-state index contributed by atoms with van der Waals surface area (Å²) >= 11 is 0. The molecule has 2 aliphatic rings. The fraction of sp³-hybridized carbons (Fsp3) is 0.938. The van der Waals surface area contributed by atoms with E-state index < -0.39 is 0 Å². The number of carbonyl (C=O) groups is 1. The maximum Gasteiger partial charge on any atom is 0.241 e. The van der Waals surface area contributed by atoms with Crippen LogP contribution in [0.3, 0.4) is 0 Å². The number of likely N-dealkylation sites (tertiary alicyclic amines) is 1. The van der Waals surface area contributed by atoms with Crippen molar-refractivity contribution in [2.24, 2.45) is 5.92 Å². The first kappa shape index (κ1) is 15.8. The van der Waals surface area contributed by atoms with Gasteiger partial charge in [-0.1, -0.05) is 27.2 Å². The van der Waals surface area contributed by atoms with Crippen LogP contribution in [0.2, 0.25) is 0 Å². The molecule has 0 spiro atoms. The Hall–Kier alpha value is -0.610. The molecule has 0 aromatic heterocycles. The molecule has 0 bridgehead atoms. The van der Waals surface area contributed by atoms with Crippen LogP contribution in [-0.4, -0.2) is 54.1 Å². The van der Waals surface area contributed by atoms with Crippen LogP contribution in [0, 0.1) is 5.92 Å². The van der Waals surface area contributed by atoms with Gasteiger partial charge in [0, 0.05) is 12.6 Å². The summed E-state index contributed by atoms with van der Waals surface area (Å²) < 4.78 is 0. The van der Waals surface area contributed by atoms with Crippen molar-refractivity contribution < 1.29 is 4.79 Å². The zero-order valence-electron chi connectivity index (χ0n) is 13.6. The van der Waals surface area contributed by atoms with Crippen LogP contribution in [0.25, 0.3) is 0 Å². The fourth-order valence-corrected chi connectivity index (χ4v) is 3.65. The zero-order valence-corrected chi connectivity index (χ0v) is 13.6. The quantitative estimate of drug-likeness (QED) is 0.838. The van der Waals surface area contributed by atoms with Gasteiger partial charge in [0.2, 0.25) is 5.91 Å². The molecule has 0 aromatic rings. The largest absolute Gasteiger partial charge is 0.322 e. The molecule has 2 heterocycles. The summed E-state index contributed by atoms with van der Waals surface area (Å²) in [5, 5.41) is 3.59. The second-order valence-corrected chi connectivity index (χ2v) is 6.96. The first-order valence-electron chi connectivity index (χ1n) is 8.29. The van der Waals surface area contributed by atoms with E-state index in [1.54, 1.807) is 0 Å². The first-order chi connectivity index (χ1) is 9.52. The molecule has 2 rings (SSSR count). The van der Waals surface area contributed by atoms with E-state index >= 15 is 0 Å². The third-order valence-electron chi connectivity index (χ3n) is 4.54. The zero-order chi connectivity index (χ0) is 14.7. The highest BCUT2D eigenvalue weighted by Crippen LogP contribution is 2.26. The lowest BCUT2D eigenvalue weighted by Gasteiger charge is -2.38. The average molecular weight is 281 g/mol. The molecule has 20 heavy (non-hydrogen) atoms. The summed E-state index contributed by atoms with van der Waals surface area (Å²) in [6.07, 6.45) is 5.77. The Morgan fingerprint density at radius 3 is 2.75 bits per heavy atom. The molecule has 2 fully saturated rings. The summed E-state index contributed by atoms with van der Waals surface area (Å²) in [6.45, 7) is 8.79. The van der Waals surface area contributed by atoms with Crippen molar-refractivity contribution in [3.8, 4) is 0 Å². The van der Waals surface area contributed by atoms with Crippen molar-refractivity contribution in [2.45, 2.75) is 71.1 Å². The van der Waals surface area contributed by atoms with Gasteiger partial charge in [-0.3, -0.25) is 10.1 Å². The van der Waals surface area contributed by atoms with Gasteiger partial charge in [0.25, 0.3) is 0 Å². The second-order valence-electron chi connectivity index (χ2n) is 6.96. The molecule has 1 N–H and O–H groups in total. The molecule has 3 atom stereocenters. The Kier molecular flexibility index (Phi) is 5.44. The van der Waals surface area contributed by atoms with Crippen molar-refractivity contribution in [2.75, 3.05) is 20.1 Å². The number of nitrogens with one attached hydrogen (secondary N) is 1. The highest BCUT2D eigenvalue weighted by molar-refractivity contribution is 5.84. The van der Waals surface area contributed by atoms with Crippen molar-refractivity contribution in [1.82, 2.24) is 15.1 Å². The van der Waals surface area contributed by atoms with Gasteiger partial charge in [0.15, 0.2) is 0 Å². The predicted molar refractivity (Wildman–Crippen MR) is 82.4 cm³/mol. The predicted octanol–water partition coefficient (Wildman–Crippen LogP) is 2.05. The number of carbonyl (C=O) groups excluding carboxylic acids is 1. The van der Waals surface area contributed by atoms with E-state index in [9.17, 15) is 4.79 Å². The van der Waals surface area contributed by atoms with E-state index in [1.807, 2.05) is 0 Å². The van der Waals surface area contributed by atoms with E-state index in [4.69, 9.17) is 0 Å². The molecule has 2 saturated heterocycles. The van der Waals surface area contributed by atoms with Gasteiger partial charge in [0.05, 0.1) is 12.2 Å². The Labute approximate surface area is 123 Å². The molecular formula is C16H31N3O. The minimum absolute atomic E-state index is 0.0405. The number of amides is 1. The normalized spacial score (nSPS) is 32.4. The molecule has 2 aliphatic heterocycles. The van der Waals surface area contributed by atoms with Crippen LogP contribution >= 0.6 is 0 Å². The Balaban J connectivity index is 2.08. The fourth-order valence-electron chi connectivity index (χ4n) is 3.65. The maximum absolute atomic E-state index is 12.8.